The van der Waals surface area contributed by atoms with Crippen molar-refractivity contribution in [3.63, 3.8) is 0 Å². The summed E-state index contributed by atoms with van der Waals surface area (Å²) in [5, 5.41) is 3.36. The number of imidazole rings is 1. The Morgan fingerprint density at radius 1 is 1.35 bits per heavy atom. The molecule has 1 N–H and O–H groups in total. The molecular weight excluding hydrogens is 418 g/mol. The molecule has 26 heavy (non-hydrogen) atoms. The van der Waals surface area contributed by atoms with Gasteiger partial charge in [0.1, 0.15) is 16.3 Å². The second-order valence-corrected chi connectivity index (χ2v) is 7.66. The molecule has 0 saturated heterocycles. The van der Waals surface area contributed by atoms with Crippen LogP contribution in [0.4, 0.5) is 5.00 Å². The van der Waals surface area contributed by atoms with E-state index in [-0.39, 0.29) is 12.5 Å². The normalized spacial score (nSPS) is 10.9. The molecule has 0 bridgehead atoms. The van der Waals surface area contributed by atoms with Gasteiger partial charge in [0.2, 0.25) is 0 Å². The minimum Gasteiger partial charge on any atom is -0.462 e. The van der Waals surface area contributed by atoms with Gasteiger partial charge in [0.05, 0.1) is 17.9 Å². The number of nitrogens with one attached hydrogen (secondary N) is 1. The fourth-order valence-electron chi connectivity index (χ4n) is 2.64. The molecule has 0 spiro atoms. The van der Waals surface area contributed by atoms with Crippen LogP contribution in [0.1, 0.15) is 45.3 Å². The molecule has 0 aliphatic heterocycles. The van der Waals surface area contributed by atoms with Gasteiger partial charge in [-0.3, -0.25) is 9.20 Å². The SMILES string of the molecule is CCOC(=O)c1cc(CC)sc1NC(=O)c1c(C)nc2ccc(Br)cn12. The van der Waals surface area contributed by atoms with Crippen LogP contribution >= 0.6 is 27.3 Å². The number of anilines is 1. The van der Waals surface area contributed by atoms with Crippen LogP contribution in [0.25, 0.3) is 5.65 Å². The van der Waals surface area contributed by atoms with Crippen molar-refractivity contribution in [2.45, 2.75) is 27.2 Å². The lowest BCUT2D eigenvalue weighted by molar-refractivity contribution is 0.0528. The number of pyridine rings is 1. The fourth-order valence-corrected chi connectivity index (χ4v) is 3.96. The molecule has 3 aromatic rings. The molecule has 0 fully saturated rings. The Labute approximate surface area is 163 Å². The smallest absolute Gasteiger partial charge is 0.341 e. The van der Waals surface area contributed by atoms with Gasteiger partial charge in [0.25, 0.3) is 5.91 Å². The maximum absolute atomic E-state index is 12.9. The molecule has 0 radical (unpaired) electrons. The summed E-state index contributed by atoms with van der Waals surface area (Å²) in [4.78, 5) is 30.5. The van der Waals surface area contributed by atoms with Crippen molar-refractivity contribution in [3.05, 3.63) is 50.7 Å². The molecule has 0 aromatic carbocycles. The van der Waals surface area contributed by atoms with Gasteiger partial charge in [-0.25, -0.2) is 9.78 Å². The average Bonchev–Trinajstić information content (AvgIpc) is 3.14. The quantitative estimate of drug-likeness (QED) is 0.600. The highest BCUT2D eigenvalue weighted by atomic mass is 79.9. The van der Waals surface area contributed by atoms with E-state index in [2.05, 4.69) is 26.2 Å². The second kappa shape index (κ2) is 7.59. The molecule has 0 aliphatic carbocycles. The first-order valence-electron chi connectivity index (χ1n) is 8.20. The third-order valence-electron chi connectivity index (χ3n) is 3.83. The molecule has 1 amide bonds. The minimum atomic E-state index is -0.434. The lowest BCUT2D eigenvalue weighted by Gasteiger charge is -2.07. The van der Waals surface area contributed by atoms with Crippen molar-refractivity contribution in [1.29, 1.82) is 0 Å². The van der Waals surface area contributed by atoms with Gasteiger partial charge in [-0.1, -0.05) is 6.92 Å². The summed E-state index contributed by atoms with van der Waals surface area (Å²) in [6, 6.07) is 5.48. The number of carbonyl (C=O) groups excluding carboxylic acids is 2. The minimum absolute atomic E-state index is 0.282. The summed E-state index contributed by atoms with van der Waals surface area (Å²) < 4.78 is 7.67. The van der Waals surface area contributed by atoms with Crippen LogP contribution in [0.15, 0.2) is 28.9 Å². The first-order chi connectivity index (χ1) is 12.4. The third-order valence-corrected chi connectivity index (χ3v) is 5.49. The molecule has 0 aliphatic rings. The molecule has 8 heteroatoms. The highest BCUT2D eigenvalue weighted by molar-refractivity contribution is 9.10. The number of halogens is 1. The zero-order valence-electron chi connectivity index (χ0n) is 14.6. The summed E-state index contributed by atoms with van der Waals surface area (Å²) in [7, 11) is 0. The number of amides is 1. The van der Waals surface area contributed by atoms with E-state index >= 15 is 0 Å². The number of rotatable bonds is 5. The number of esters is 1. The van der Waals surface area contributed by atoms with Crippen LogP contribution in [0.5, 0.6) is 0 Å². The van der Waals surface area contributed by atoms with Crippen LogP contribution in [0.3, 0.4) is 0 Å². The molecule has 0 atom stereocenters. The fraction of sp³-hybridized carbons (Fsp3) is 0.278. The maximum atomic E-state index is 12.9. The summed E-state index contributed by atoms with van der Waals surface area (Å²) in [5.41, 5.74) is 2.12. The van der Waals surface area contributed by atoms with Crippen molar-refractivity contribution in [1.82, 2.24) is 9.38 Å². The van der Waals surface area contributed by atoms with E-state index in [1.165, 1.54) is 11.3 Å². The third kappa shape index (κ3) is 3.52. The van der Waals surface area contributed by atoms with Crippen LogP contribution in [0.2, 0.25) is 0 Å². The first-order valence-corrected chi connectivity index (χ1v) is 9.80. The van der Waals surface area contributed by atoms with Crippen LogP contribution in [0, 0.1) is 6.92 Å². The van der Waals surface area contributed by atoms with Gasteiger partial charge in [0.15, 0.2) is 0 Å². The Morgan fingerprint density at radius 2 is 2.12 bits per heavy atom. The summed E-state index contributed by atoms with van der Waals surface area (Å²) in [6.45, 7) is 5.82. The van der Waals surface area contributed by atoms with Gasteiger partial charge in [0, 0.05) is 15.5 Å². The van der Waals surface area contributed by atoms with Gasteiger partial charge < -0.3 is 10.1 Å². The van der Waals surface area contributed by atoms with Crippen LogP contribution in [-0.2, 0) is 11.2 Å². The van der Waals surface area contributed by atoms with E-state index in [1.54, 1.807) is 30.5 Å². The monoisotopic (exact) mass is 435 g/mol. The van der Waals surface area contributed by atoms with Crippen molar-refractivity contribution < 1.29 is 14.3 Å². The van der Waals surface area contributed by atoms with Crippen molar-refractivity contribution >= 4 is 49.8 Å². The van der Waals surface area contributed by atoms with Crippen LogP contribution < -0.4 is 5.32 Å². The summed E-state index contributed by atoms with van der Waals surface area (Å²) in [6.07, 6.45) is 2.57. The van der Waals surface area contributed by atoms with E-state index in [9.17, 15) is 9.59 Å². The standard InChI is InChI=1S/C18H18BrN3O3S/c1-4-12-8-13(18(24)25-5-2)17(26-12)21-16(23)15-10(3)20-14-7-6-11(19)9-22(14)15/h6-9H,4-5H2,1-3H3,(H,21,23). The number of hydrogen-bond donors (Lipinski definition) is 1. The van der Waals surface area contributed by atoms with E-state index in [1.807, 2.05) is 19.1 Å². The highest BCUT2D eigenvalue weighted by Crippen LogP contribution is 2.30. The number of fused-ring (bicyclic) bond motifs is 1. The number of aromatic nitrogens is 2. The lowest BCUT2D eigenvalue weighted by atomic mass is 10.2. The number of ether oxygens (including phenoxy) is 1. The number of aryl methyl sites for hydroxylation is 2. The number of hydrogen-bond acceptors (Lipinski definition) is 5. The molecular formula is C18H18BrN3O3S. The zero-order chi connectivity index (χ0) is 18.8. The second-order valence-electron chi connectivity index (χ2n) is 5.60. The van der Waals surface area contributed by atoms with E-state index < -0.39 is 5.97 Å². The Hall–Kier alpha value is -2.19. The topological polar surface area (TPSA) is 72.7 Å². The molecule has 3 aromatic heterocycles. The summed E-state index contributed by atoms with van der Waals surface area (Å²) >= 11 is 4.79. The Bertz CT molecular complexity index is 993. The molecule has 3 rings (SSSR count). The van der Waals surface area contributed by atoms with E-state index in [0.717, 1.165) is 15.8 Å². The van der Waals surface area contributed by atoms with Crippen molar-refractivity contribution in [2.75, 3.05) is 11.9 Å². The Kier molecular flexibility index (Phi) is 5.43. The zero-order valence-corrected chi connectivity index (χ0v) is 17.0. The van der Waals surface area contributed by atoms with Gasteiger partial charge >= 0.3 is 5.97 Å². The van der Waals surface area contributed by atoms with Gasteiger partial charge in [-0.05, 0) is 54.4 Å². The molecule has 3 heterocycles. The lowest BCUT2D eigenvalue weighted by Crippen LogP contribution is -2.17. The van der Waals surface area contributed by atoms with Gasteiger partial charge in [-0.2, -0.15) is 0 Å². The molecule has 136 valence electrons. The van der Waals surface area contributed by atoms with Crippen molar-refractivity contribution in [3.8, 4) is 0 Å². The number of nitrogens with zero attached hydrogens (tertiary/aromatic N) is 2. The predicted octanol–water partition coefficient (Wildman–Crippen LogP) is 4.46. The number of thiophene rings is 1. The number of carbonyl (C=O) groups is 2. The summed E-state index contributed by atoms with van der Waals surface area (Å²) in [5.74, 6) is -0.750. The Balaban J connectivity index is 1.98. The molecule has 0 saturated carbocycles. The first kappa shape index (κ1) is 18.6. The maximum Gasteiger partial charge on any atom is 0.341 e. The van der Waals surface area contributed by atoms with Crippen molar-refractivity contribution in [2.24, 2.45) is 0 Å². The average molecular weight is 436 g/mol. The van der Waals surface area contributed by atoms with Crippen LogP contribution in [-0.4, -0.2) is 27.9 Å². The van der Waals surface area contributed by atoms with E-state index in [0.29, 0.717) is 27.6 Å². The predicted molar refractivity (Wildman–Crippen MR) is 105 cm³/mol. The van der Waals surface area contributed by atoms with Gasteiger partial charge in [-0.15, -0.1) is 11.3 Å². The highest BCUT2D eigenvalue weighted by Gasteiger charge is 2.22. The molecule has 0 unspecified atom stereocenters. The van der Waals surface area contributed by atoms with E-state index in [4.69, 9.17) is 4.74 Å². The Morgan fingerprint density at radius 3 is 2.81 bits per heavy atom. The largest absolute Gasteiger partial charge is 0.462 e. The molecule has 6 nitrogen and oxygen atoms in total.